The van der Waals surface area contributed by atoms with Crippen molar-refractivity contribution in [2.75, 3.05) is 0 Å². The molecule has 66 valence electrons. The van der Waals surface area contributed by atoms with Crippen molar-refractivity contribution in [3.8, 4) is 0 Å². The fraction of sp³-hybridized carbons (Fsp3) is 0.750. The van der Waals surface area contributed by atoms with Crippen LogP contribution in [0.2, 0.25) is 0 Å². The number of isocyanates is 2. The Morgan fingerprint density at radius 3 is 2.08 bits per heavy atom. The van der Waals surface area contributed by atoms with Gasteiger partial charge < -0.3 is 0 Å². The molecule has 12 heavy (non-hydrogen) atoms. The summed E-state index contributed by atoms with van der Waals surface area (Å²) in [6.45, 7) is 4.03. The minimum absolute atomic E-state index is 0.393. The lowest BCUT2D eigenvalue weighted by Gasteiger charge is -2.08. The van der Waals surface area contributed by atoms with E-state index in [1.807, 2.05) is 13.8 Å². The van der Waals surface area contributed by atoms with Crippen LogP contribution in [-0.4, -0.2) is 18.3 Å². The van der Waals surface area contributed by atoms with Gasteiger partial charge in [0.15, 0.2) is 6.17 Å². The number of rotatable bonds is 5. The average Bonchev–Trinajstić information content (AvgIpc) is 2.05. The highest BCUT2D eigenvalue weighted by Crippen LogP contribution is 2.12. The zero-order valence-electron chi connectivity index (χ0n) is 7.28. The van der Waals surface area contributed by atoms with E-state index in [1.54, 1.807) is 0 Å². The van der Waals surface area contributed by atoms with Gasteiger partial charge >= 0.3 is 0 Å². The van der Waals surface area contributed by atoms with Crippen LogP contribution in [0.15, 0.2) is 9.98 Å². The van der Waals surface area contributed by atoms with Gasteiger partial charge in [-0.25, -0.2) is 9.59 Å². The van der Waals surface area contributed by atoms with E-state index in [-0.39, 0.29) is 0 Å². The van der Waals surface area contributed by atoms with Gasteiger partial charge in [-0.2, -0.15) is 9.98 Å². The van der Waals surface area contributed by atoms with Gasteiger partial charge in [-0.3, -0.25) is 0 Å². The average molecular weight is 168 g/mol. The number of aliphatic imine (C=N–C) groups is 2. The standard InChI is InChI=1S/C8H12N2O2/c1-3-7(2)4-8(9-5-11)10-6-12/h7-8H,3-4H2,1-2H3. The molecule has 1 atom stereocenters. The van der Waals surface area contributed by atoms with E-state index in [0.29, 0.717) is 12.3 Å². The highest BCUT2D eigenvalue weighted by Gasteiger charge is 2.08. The smallest absolute Gasteiger partial charge is 0.211 e. The largest absolute Gasteiger partial charge is 0.237 e. The first-order valence-corrected chi connectivity index (χ1v) is 3.88. The first-order chi connectivity index (χ1) is 5.74. The summed E-state index contributed by atoms with van der Waals surface area (Å²) >= 11 is 0. The van der Waals surface area contributed by atoms with Crippen LogP contribution in [0.1, 0.15) is 26.7 Å². The Labute approximate surface area is 71.4 Å². The minimum atomic E-state index is -0.588. The molecular weight excluding hydrogens is 156 g/mol. The van der Waals surface area contributed by atoms with Crippen LogP contribution in [0.4, 0.5) is 0 Å². The first kappa shape index (κ1) is 10.8. The van der Waals surface area contributed by atoms with Gasteiger partial charge in [-0.05, 0) is 12.3 Å². The second kappa shape index (κ2) is 6.47. The molecule has 0 fully saturated rings. The summed E-state index contributed by atoms with van der Waals surface area (Å²) in [5.74, 6) is 0.393. The molecule has 0 aliphatic heterocycles. The summed E-state index contributed by atoms with van der Waals surface area (Å²) in [7, 11) is 0. The van der Waals surface area contributed by atoms with Crippen molar-refractivity contribution in [2.45, 2.75) is 32.9 Å². The van der Waals surface area contributed by atoms with Gasteiger partial charge in [-0.15, -0.1) is 0 Å². The third-order valence-electron chi connectivity index (χ3n) is 1.71. The van der Waals surface area contributed by atoms with Gasteiger partial charge in [-0.1, -0.05) is 20.3 Å². The van der Waals surface area contributed by atoms with E-state index in [0.717, 1.165) is 6.42 Å². The van der Waals surface area contributed by atoms with Crippen LogP contribution < -0.4 is 0 Å². The fourth-order valence-corrected chi connectivity index (χ4v) is 0.783. The number of hydrogen-bond donors (Lipinski definition) is 0. The second-order valence-electron chi connectivity index (χ2n) is 2.67. The molecule has 0 N–H and O–H groups in total. The van der Waals surface area contributed by atoms with E-state index < -0.39 is 6.17 Å². The molecule has 0 amide bonds. The lowest BCUT2D eigenvalue weighted by atomic mass is 10.0. The summed E-state index contributed by atoms with van der Waals surface area (Å²) in [6, 6.07) is 0. The van der Waals surface area contributed by atoms with E-state index in [9.17, 15) is 9.59 Å². The van der Waals surface area contributed by atoms with Crippen molar-refractivity contribution in [1.29, 1.82) is 0 Å². The van der Waals surface area contributed by atoms with Crippen molar-refractivity contribution in [3.63, 3.8) is 0 Å². The maximum Gasteiger partial charge on any atom is 0.237 e. The normalized spacial score (nSPS) is 13.8. The summed E-state index contributed by atoms with van der Waals surface area (Å²) in [5.41, 5.74) is 0. The predicted molar refractivity (Wildman–Crippen MR) is 44.1 cm³/mol. The monoisotopic (exact) mass is 168 g/mol. The molecule has 0 aromatic carbocycles. The van der Waals surface area contributed by atoms with Crippen LogP contribution >= 0.6 is 0 Å². The van der Waals surface area contributed by atoms with Crippen LogP contribution in [0.5, 0.6) is 0 Å². The lowest BCUT2D eigenvalue weighted by molar-refractivity contribution is 0.455. The highest BCUT2D eigenvalue weighted by atomic mass is 16.1. The Morgan fingerprint density at radius 2 is 1.75 bits per heavy atom. The zero-order valence-corrected chi connectivity index (χ0v) is 7.28. The molecule has 0 heterocycles. The SMILES string of the molecule is CCC(C)CC(N=C=O)N=C=O. The third-order valence-corrected chi connectivity index (χ3v) is 1.71. The van der Waals surface area contributed by atoms with Gasteiger partial charge in [0.05, 0.1) is 0 Å². The lowest BCUT2D eigenvalue weighted by Crippen LogP contribution is -2.06. The van der Waals surface area contributed by atoms with Crippen molar-refractivity contribution in [3.05, 3.63) is 0 Å². The summed E-state index contributed by atoms with van der Waals surface area (Å²) < 4.78 is 0. The Balaban J connectivity index is 4.12. The highest BCUT2D eigenvalue weighted by molar-refractivity contribution is 5.36. The number of carbonyl (C=O) groups excluding carboxylic acids is 2. The van der Waals surface area contributed by atoms with Gasteiger partial charge in [0.25, 0.3) is 0 Å². The summed E-state index contributed by atoms with van der Waals surface area (Å²) in [6.07, 6.45) is 3.75. The topological polar surface area (TPSA) is 58.9 Å². The van der Waals surface area contributed by atoms with Crippen LogP contribution in [0, 0.1) is 5.92 Å². The molecule has 4 nitrogen and oxygen atoms in total. The third kappa shape index (κ3) is 4.56. The summed E-state index contributed by atoms with van der Waals surface area (Å²) in [5, 5.41) is 0. The second-order valence-corrected chi connectivity index (χ2v) is 2.67. The molecule has 0 aromatic heterocycles. The van der Waals surface area contributed by atoms with Crippen molar-refractivity contribution in [2.24, 2.45) is 15.9 Å². The molecule has 0 bridgehead atoms. The van der Waals surface area contributed by atoms with Gasteiger partial charge in [0.1, 0.15) is 0 Å². The van der Waals surface area contributed by atoms with E-state index in [4.69, 9.17) is 0 Å². The molecule has 0 spiro atoms. The molecule has 0 aliphatic carbocycles. The van der Waals surface area contributed by atoms with Gasteiger partial charge in [0.2, 0.25) is 12.2 Å². The van der Waals surface area contributed by atoms with E-state index >= 15 is 0 Å². The molecule has 0 aromatic rings. The maximum absolute atomic E-state index is 9.88. The Bertz CT molecular complexity index is 197. The van der Waals surface area contributed by atoms with Crippen molar-refractivity contribution >= 4 is 12.2 Å². The number of nitrogens with zero attached hydrogens (tertiary/aromatic N) is 2. The summed E-state index contributed by atoms with van der Waals surface area (Å²) in [4.78, 5) is 26.5. The Kier molecular flexibility index (Phi) is 5.80. The van der Waals surface area contributed by atoms with Crippen LogP contribution in [-0.2, 0) is 9.59 Å². The Hall–Kier alpha value is -1.24. The molecule has 0 saturated heterocycles. The van der Waals surface area contributed by atoms with Gasteiger partial charge in [0, 0.05) is 0 Å². The molecule has 1 unspecified atom stereocenters. The van der Waals surface area contributed by atoms with Crippen LogP contribution in [0.25, 0.3) is 0 Å². The molecule has 0 rings (SSSR count). The van der Waals surface area contributed by atoms with Crippen molar-refractivity contribution in [1.82, 2.24) is 0 Å². The molecule has 0 aliphatic rings. The maximum atomic E-state index is 9.88. The minimum Gasteiger partial charge on any atom is -0.211 e. The predicted octanol–water partition coefficient (Wildman–Crippen LogP) is 1.42. The molecule has 0 radical (unpaired) electrons. The van der Waals surface area contributed by atoms with E-state index in [2.05, 4.69) is 9.98 Å². The molecule has 4 heteroatoms. The number of hydrogen-bond acceptors (Lipinski definition) is 4. The van der Waals surface area contributed by atoms with Crippen molar-refractivity contribution < 1.29 is 9.59 Å². The zero-order chi connectivity index (χ0) is 9.40. The Morgan fingerprint density at radius 1 is 1.25 bits per heavy atom. The quantitative estimate of drug-likeness (QED) is 0.460. The first-order valence-electron chi connectivity index (χ1n) is 3.88. The fourth-order valence-electron chi connectivity index (χ4n) is 0.783. The molecular formula is C8H12N2O2. The molecule has 0 saturated carbocycles. The van der Waals surface area contributed by atoms with E-state index in [1.165, 1.54) is 12.2 Å². The van der Waals surface area contributed by atoms with Crippen LogP contribution in [0.3, 0.4) is 0 Å².